The number of carbonyl (C=O) groups is 2. The van der Waals surface area contributed by atoms with Gasteiger partial charge in [0.05, 0.1) is 11.8 Å². The maximum Gasteiger partial charge on any atom is 0.286 e. The largest absolute Gasteiger partial charge is 0.492 e. The molecule has 2 aromatic rings. The highest BCUT2D eigenvalue weighted by molar-refractivity contribution is 8.15. The van der Waals surface area contributed by atoms with Gasteiger partial charge in [0.1, 0.15) is 18.2 Å². The number of rotatable bonds is 7. The Morgan fingerprint density at radius 3 is 2.58 bits per heavy atom. The molecule has 8 heteroatoms. The Morgan fingerprint density at radius 2 is 1.96 bits per heavy atom. The number of carbonyl (C=O) groups excluding carboxylic acids is 2. The van der Waals surface area contributed by atoms with Crippen molar-refractivity contribution in [2.24, 2.45) is 0 Å². The molecule has 138 valence electrons. The molecule has 1 atom stereocenters. The van der Waals surface area contributed by atoms with Crippen LogP contribution in [0.3, 0.4) is 0 Å². The number of thioether (sulfide) groups is 1. The van der Waals surface area contributed by atoms with E-state index in [4.69, 9.17) is 4.74 Å². The molecule has 0 unspecified atom stereocenters. The van der Waals surface area contributed by atoms with Crippen LogP contribution in [-0.2, 0) is 11.2 Å². The van der Waals surface area contributed by atoms with E-state index in [1.54, 1.807) is 6.20 Å². The Balaban J connectivity index is 0.00000243. The third-order valence-corrected chi connectivity index (χ3v) is 4.83. The molecular formula is C18H20ClN3O3S. The average Bonchev–Trinajstić information content (AvgIpc) is 2.94. The summed E-state index contributed by atoms with van der Waals surface area (Å²) >= 11 is 1.05. The predicted molar refractivity (Wildman–Crippen MR) is 105 cm³/mol. The number of halogens is 1. The highest BCUT2D eigenvalue weighted by atomic mass is 35.5. The molecule has 0 saturated carbocycles. The first-order valence-corrected chi connectivity index (χ1v) is 8.85. The van der Waals surface area contributed by atoms with Crippen LogP contribution < -0.4 is 15.0 Å². The zero-order valence-corrected chi connectivity index (χ0v) is 15.9. The first kappa shape index (κ1) is 20.1. The maximum absolute atomic E-state index is 11.6. The summed E-state index contributed by atoms with van der Waals surface area (Å²) in [6.45, 7) is 1.27. The van der Waals surface area contributed by atoms with Crippen molar-refractivity contribution in [3.05, 3.63) is 54.2 Å². The first-order valence-electron chi connectivity index (χ1n) is 7.97. The van der Waals surface area contributed by atoms with Gasteiger partial charge in [-0.1, -0.05) is 30.0 Å². The van der Waals surface area contributed by atoms with E-state index in [1.807, 2.05) is 54.4 Å². The number of nitrogens with zero attached hydrogens (tertiary/aromatic N) is 2. The third-order valence-electron chi connectivity index (χ3n) is 3.85. The summed E-state index contributed by atoms with van der Waals surface area (Å²) in [7, 11) is 1.97. The van der Waals surface area contributed by atoms with Crippen molar-refractivity contribution in [2.45, 2.75) is 11.7 Å². The van der Waals surface area contributed by atoms with Gasteiger partial charge in [-0.3, -0.25) is 14.9 Å². The van der Waals surface area contributed by atoms with E-state index >= 15 is 0 Å². The third kappa shape index (κ3) is 5.37. The van der Waals surface area contributed by atoms with Crippen molar-refractivity contribution in [3.8, 4) is 5.75 Å². The molecule has 2 amide bonds. The fourth-order valence-electron chi connectivity index (χ4n) is 2.46. The van der Waals surface area contributed by atoms with Crippen molar-refractivity contribution in [3.63, 3.8) is 0 Å². The van der Waals surface area contributed by atoms with E-state index in [0.29, 0.717) is 13.0 Å². The summed E-state index contributed by atoms with van der Waals surface area (Å²) in [4.78, 5) is 29.1. The Hall–Kier alpha value is -2.25. The molecule has 1 aliphatic rings. The van der Waals surface area contributed by atoms with E-state index in [-0.39, 0.29) is 28.8 Å². The summed E-state index contributed by atoms with van der Waals surface area (Å²) < 4.78 is 5.75. The van der Waals surface area contributed by atoms with Crippen LogP contribution in [0.2, 0.25) is 0 Å². The SMILES string of the molecule is CN(CCOc1ccc(C[C@H]2SC(=O)NC2=O)cc1)c1ccccn1.Cl. The summed E-state index contributed by atoms with van der Waals surface area (Å²) in [6.07, 6.45) is 2.30. The zero-order valence-electron chi connectivity index (χ0n) is 14.3. The van der Waals surface area contributed by atoms with Gasteiger partial charge in [0.25, 0.3) is 5.24 Å². The molecule has 1 aromatic carbocycles. The smallest absolute Gasteiger partial charge is 0.286 e. The van der Waals surface area contributed by atoms with Gasteiger partial charge in [-0.15, -0.1) is 12.4 Å². The lowest BCUT2D eigenvalue weighted by Gasteiger charge is -2.18. The van der Waals surface area contributed by atoms with E-state index in [2.05, 4.69) is 10.3 Å². The number of benzene rings is 1. The first-order chi connectivity index (χ1) is 12.1. The molecule has 0 radical (unpaired) electrons. The predicted octanol–water partition coefficient (Wildman–Crippen LogP) is 2.91. The van der Waals surface area contributed by atoms with Gasteiger partial charge in [-0.2, -0.15) is 0 Å². The highest BCUT2D eigenvalue weighted by Gasteiger charge is 2.31. The fraction of sp³-hybridized carbons (Fsp3) is 0.278. The molecule has 0 bridgehead atoms. The Bertz CT molecular complexity index is 743. The van der Waals surface area contributed by atoms with Gasteiger partial charge < -0.3 is 9.64 Å². The Labute approximate surface area is 162 Å². The van der Waals surface area contributed by atoms with Gasteiger partial charge in [0.2, 0.25) is 5.91 Å². The molecule has 26 heavy (non-hydrogen) atoms. The summed E-state index contributed by atoms with van der Waals surface area (Å²) in [5.41, 5.74) is 1.00. The van der Waals surface area contributed by atoms with Gasteiger partial charge >= 0.3 is 0 Å². The van der Waals surface area contributed by atoms with Gasteiger partial charge in [-0.25, -0.2) is 4.98 Å². The standard InChI is InChI=1S/C18H19N3O3S.ClH/c1-21(16-4-2-3-9-19-16)10-11-24-14-7-5-13(6-8-14)12-15-17(22)20-18(23)25-15;/h2-9,15H,10-12H2,1H3,(H,20,22,23);1H/t15-;/m1./s1. The van der Waals surface area contributed by atoms with E-state index in [1.165, 1.54) is 0 Å². The molecule has 1 fully saturated rings. The summed E-state index contributed by atoms with van der Waals surface area (Å²) in [5, 5.41) is 1.69. The van der Waals surface area contributed by atoms with Gasteiger partial charge in [0, 0.05) is 13.2 Å². The molecule has 0 aliphatic carbocycles. The minimum Gasteiger partial charge on any atom is -0.492 e. The summed E-state index contributed by atoms with van der Waals surface area (Å²) in [6, 6.07) is 13.4. The highest BCUT2D eigenvalue weighted by Crippen LogP contribution is 2.23. The van der Waals surface area contributed by atoms with Crippen LogP contribution in [0.15, 0.2) is 48.7 Å². The quantitative estimate of drug-likeness (QED) is 0.779. The number of anilines is 1. The average molecular weight is 394 g/mol. The Kier molecular flexibility index (Phi) is 7.29. The zero-order chi connectivity index (χ0) is 17.6. The minimum atomic E-state index is -0.341. The number of pyridine rings is 1. The molecule has 1 N–H and O–H groups in total. The number of nitrogens with one attached hydrogen (secondary N) is 1. The van der Waals surface area contributed by atoms with Crippen LogP contribution >= 0.6 is 24.2 Å². The second kappa shape index (κ2) is 9.45. The number of hydrogen-bond acceptors (Lipinski definition) is 6. The van der Waals surface area contributed by atoms with Crippen molar-refractivity contribution in [1.82, 2.24) is 10.3 Å². The van der Waals surface area contributed by atoms with Crippen molar-refractivity contribution in [2.75, 3.05) is 25.1 Å². The monoisotopic (exact) mass is 393 g/mol. The second-order valence-corrected chi connectivity index (χ2v) is 6.86. The van der Waals surface area contributed by atoms with E-state index < -0.39 is 0 Å². The number of amides is 2. The number of hydrogen-bond donors (Lipinski definition) is 1. The molecule has 1 aromatic heterocycles. The number of aromatic nitrogens is 1. The van der Waals surface area contributed by atoms with E-state index in [9.17, 15) is 9.59 Å². The summed E-state index contributed by atoms with van der Waals surface area (Å²) in [5.74, 6) is 1.47. The number of likely N-dealkylation sites (N-methyl/N-ethyl adjacent to an activating group) is 1. The second-order valence-electron chi connectivity index (χ2n) is 5.69. The van der Waals surface area contributed by atoms with Crippen molar-refractivity contribution in [1.29, 1.82) is 0 Å². The topological polar surface area (TPSA) is 71.5 Å². The Morgan fingerprint density at radius 1 is 1.19 bits per heavy atom. The van der Waals surface area contributed by atoms with Crippen molar-refractivity contribution >= 4 is 41.1 Å². The minimum absolute atomic E-state index is 0. The molecule has 0 spiro atoms. The molecule has 2 heterocycles. The lowest BCUT2D eigenvalue weighted by molar-refractivity contribution is -0.118. The normalized spacial score (nSPS) is 16.0. The molecule has 6 nitrogen and oxygen atoms in total. The molecule has 3 rings (SSSR count). The maximum atomic E-state index is 11.6. The fourth-order valence-corrected chi connectivity index (χ4v) is 3.32. The molecule has 1 saturated heterocycles. The van der Waals surface area contributed by atoms with Gasteiger partial charge in [-0.05, 0) is 36.2 Å². The lowest BCUT2D eigenvalue weighted by Crippen LogP contribution is -2.25. The van der Waals surface area contributed by atoms with E-state index in [0.717, 1.165) is 35.4 Å². The number of ether oxygens (including phenoxy) is 1. The van der Waals surface area contributed by atoms with Gasteiger partial charge in [0.15, 0.2) is 0 Å². The van der Waals surface area contributed by atoms with Crippen LogP contribution in [0, 0.1) is 0 Å². The number of imide groups is 1. The van der Waals surface area contributed by atoms with Crippen LogP contribution in [0.25, 0.3) is 0 Å². The molecule has 1 aliphatic heterocycles. The molecular weight excluding hydrogens is 374 g/mol. The van der Waals surface area contributed by atoms with Crippen molar-refractivity contribution < 1.29 is 14.3 Å². The van der Waals surface area contributed by atoms with Crippen LogP contribution in [0.4, 0.5) is 10.6 Å². The van der Waals surface area contributed by atoms with Crippen LogP contribution in [0.5, 0.6) is 5.75 Å². The van der Waals surface area contributed by atoms with Crippen LogP contribution in [0.1, 0.15) is 5.56 Å². The lowest BCUT2D eigenvalue weighted by atomic mass is 10.1. The van der Waals surface area contributed by atoms with Crippen LogP contribution in [-0.4, -0.2) is 41.6 Å².